The Balaban J connectivity index is 1.84. The van der Waals surface area contributed by atoms with Gasteiger partial charge in [0.15, 0.2) is 0 Å². The van der Waals surface area contributed by atoms with Crippen LogP contribution in [0.1, 0.15) is 5.56 Å². The van der Waals surface area contributed by atoms with E-state index in [-0.39, 0.29) is 18.3 Å². The minimum Gasteiger partial charge on any atom is -0.351 e. The van der Waals surface area contributed by atoms with Gasteiger partial charge >= 0.3 is 0 Å². The lowest BCUT2D eigenvalue weighted by Gasteiger charge is -2.05. The Morgan fingerprint density at radius 1 is 1.04 bits per heavy atom. The predicted molar refractivity (Wildman–Crippen MR) is 105 cm³/mol. The van der Waals surface area contributed by atoms with Crippen molar-refractivity contribution in [1.29, 1.82) is 0 Å². The molecule has 0 fully saturated rings. The number of halogens is 1. The number of aromatic nitrogens is 3. The summed E-state index contributed by atoms with van der Waals surface area (Å²) >= 11 is 0. The number of carbonyl (C=O) groups is 1. The predicted octanol–water partition coefficient (Wildman–Crippen LogP) is 2.78. The van der Waals surface area contributed by atoms with E-state index in [4.69, 9.17) is 10.8 Å². The van der Waals surface area contributed by atoms with Crippen molar-refractivity contribution in [3.63, 3.8) is 0 Å². The van der Waals surface area contributed by atoms with E-state index >= 15 is 0 Å². The molecule has 1 amide bonds. The Kier molecular flexibility index (Phi) is 4.82. The molecule has 0 radical (unpaired) electrons. The second kappa shape index (κ2) is 7.58. The number of pyridine rings is 2. The molecule has 0 atom stereocenters. The highest BCUT2D eigenvalue weighted by molar-refractivity contribution is 5.92. The van der Waals surface area contributed by atoms with Gasteiger partial charge in [0.05, 0.1) is 12.1 Å². The van der Waals surface area contributed by atoms with Gasteiger partial charge in [-0.25, -0.2) is 8.91 Å². The second-order valence-electron chi connectivity index (χ2n) is 6.31. The molecule has 0 aliphatic heterocycles. The van der Waals surface area contributed by atoms with Gasteiger partial charge in [0, 0.05) is 36.3 Å². The van der Waals surface area contributed by atoms with Crippen LogP contribution in [0.15, 0.2) is 67.1 Å². The summed E-state index contributed by atoms with van der Waals surface area (Å²) < 4.78 is 15.2. The summed E-state index contributed by atoms with van der Waals surface area (Å²) in [7, 11) is 0. The molecule has 0 aliphatic carbocycles. The van der Waals surface area contributed by atoms with Gasteiger partial charge in [0.25, 0.3) is 0 Å². The zero-order chi connectivity index (χ0) is 19.5. The molecule has 6 nitrogen and oxygen atoms in total. The number of nitrogens with two attached hydrogens (primary N) is 1. The van der Waals surface area contributed by atoms with Gasteiger partial charge in [-0.1, -0.05) is 6.07 Å². The number of rotatable bonds is 5. The first-order valence-electron chi connectivity index (χ1n) is 8.80. The van der Waals surface area contributed by atoms with Crippen molar-refractivity contribution in [2.75, 3.05) is 6.54 Å². The van der Waals surface area contributed by atoms with Crippen molar-refractivity contribution in [3.8, 4) is 22.4 Å². The molecule has 4 rings (SSSR count). The van der Waals surface area contributed by atoms with Crippen LogP contribution >= 0.6 is 0 Å². The number of nitrogens with zero attached hydrogens (tertiary/aromatic N) is 3. The summed E-state index contributed by atoms with van der Waals surface area (Å²) in [6.07, 6.45) is 5.32. The summed E-state index contributed by atoms with van der Waals surface area (Å²) in [5.41, 5.74) is 10.6. The molecule has 3 heterocycles. The lowest BCUT2D eigenvalue weighted by Crippen LogP contribution is -2.29. The standard InChI is InChI=1S/C21H18FN5O/c22-17-4-2-16(3-5-17)21-20(15-7-9-24-10-8-15)18-6-1-14(13-27(18)26-21)12-25-19(28)11-23/h1-10,13H,11-12,23H2,(H,25,28). The van der Waals surface area contributed by atoms with Gasteiger partial charge in [-0.2, -0.15) is 5.10 Å². The molecule has 28 heavy (non-hydrogen) atoms. The third-order valence-electron chi connectivity index (χ3n) is 4.45. The van der Waals surface area contributed by atoms with E-state index in [1.165, 1.54) is 12.1 Å². The van der Waals surface area contributed by atoms with Crippen molar-refractivity contribution in [1.82, 2.24) is 19.9 Å². The summed E-state index contributed by atoms with van der Waals surface area (Å²) in [6.45, 7) is 0.313. The lowest BCUT2D eigenvalue weighted by molar-refractivity contribution is -0.119. The molecule has 0 aliphatic rings. The van der Waals surface area contributed by atoms with E-state index < -0.39 is 0 Å². The Morgan fingerprint density at radius 3 is 2.50 bits per heavy atom. The highest BCUT2D eigenvalue weighted by Crippen LogP contribution is 2.35. The number of fused-ring (bicyclic) bond motifs is 1. The molecule has 7 heteroatoms. The van der Waals surface area contributed by atoms with E-state index in [0.29, 0.717) is 6.54 Å². The maximum atomic E-state index is 13.4. The molecular formula is C21H18FN5O. The zero-order valence-electron chi connectivity index (χ0n) is 15.0. The summed E-state index contributed by atoms with van der Waals surface area (Å²) in [6, 6.07) is 14.0. The van der Waals surface area contributed by atoms with Gasteiger partial charge in [0.2, 0.25) is 5.91 Å². The third kappa shape index (κ3) is 3.47. The molecule has 0 saturated heterocycles. The Bertz CT molecular complexity index is 1120. The van der Waals surface area contributed by atoms with Crippen molar-refractivity contribution >= 4 is 11.4 Å². The van der Waals surface area contributed by atoms with Crippen LogP contribution in [0, 0.1) is 5.82 Å². The van der Waals surface area contributed by atoms with Crippen LogP contribution in [-0.4, -0.2) is 27.0 Å². The first-order chi connectivity index (χ1) is 13.7. The maximum absolute atomic E-state index is 13.4. The van der Waals surface area contributed by atoms with Crippen LogP contribution < -0.4 is 11.1 Å². The summed E-state index contributed by atoms with van der Waals surface area (Å²) in [5.74, 6) is -0.513. The molecule has 140 valence electrons. The topological polar surface area (TPSA) is 85.3 Å². The first-order valence-corrected chi connectivity index (χ1v) is 8.80. The fourth-order valence-electron chi connectivity index (χ4n) is 3.08. The quantitative estimate of drug-likeness (QED) is 0.562. The van der Waals surface area contributed by atoms with E-state index in [1.54, 1.807) is 29.0 Å². The van der Waals surface area contributed by atoms with Crippen molar-refractivity contribution in [2.45, 2.75) is 6.54 Å². The number of benzene rings is 1. The van der Waals surface area contributed by atoms with E-state index in [9.17, 15) is 9.18 Å². The summed E-state index contributed by atoms with van der Waals surface area (Å²) in [5, 5.41) is 7.48. The van der Waals surface area contributed by atoms with Crippen molar-refractivity contribution < 1.29 is 9.18 Å². The van der Waals surface area contributed by atoms with Crippen LogP contribution in [0.3, 0.4) is 0 Å². The van der Waals surface area contributed by atoms with Crippen LogP contribution in [0.4, 0.5) is 4.39 Å². The van der Waals surface area contributed by atoms with Crippen molar-refractivity contribution in [2.24, 2.45) is 5.73 Å². The van der Waals surface area contributed by atoms with Crippen LogP contribution in [-0.2, 0) is 11.3 Å². The third-order valence-corrected chi connectivity index (χ3v) is 4.45. The molecule has 3 aromatic heterocycles. The minimum absolute atomic E-state index is 0.0507. The molecule has 0 saturated carbocycles. The van der Waals surface area contributed by atoms with Gasteiger partial charge in [-0.15, -0.1) is 0 Å². The van der Waals surface area contributed by atoms with Crippen LogP contribution in [0.2, 0.25) is 0 Å². The van der Waals surface area contributed by atoms with Gasteiger partial charge in [0.1, 0.15) is 11.5 Å². The molecule has 0 bridgehead atoms. The first kappa shape index (κ1) is 17.8. The van der Waals surface area contributed by atoms with Crippen LogP contribution in [0.5, 0.6) is 0 Å². The van der Waals surface area contributed by atoms with Crippen LogP contribution in [0.25, 0.3) is 27.9 Å². The number of amides is 1. The largest absolute Gasteiger partial charge is 0.351 e. The van der Waals surface area contributed by atoms with Gasteiger partial charge < -0.3 is 11.1 Å². The van der Waals surface area contributed by atoms with Gasteiger partial charge in [-0.3, -0.25) is 9.78 Å². The van der Waals surface area contributed by atoms with Gasteiger partial charge in [-0.05, 0) is 53.6 Å². The average molecular weight is 375 g/mol. The normalized spacial score (nSPS) is 10.9. The SMILES string of the molecule is NCC(=O)NCc1ccc2c(-c3ccncc3)c(-c3ccc(F)cc3)nn2c1. The van der Waals surface area contributed by atoms with E-state index in [0.717, 1.165) is 33.5 Å². The fourth-order valence-corrected chi connectivity index (χ4v) is 3.08. The van der Waals surface area contributed by atoms with E-state index in [1.807, 2.05) is 30.5 Å². The smallest absolute Gasteiger partial charge is 0.234 e. The molecular weight excluding hydrogens is 357 g/mol. The second-order valence-corrected chi connectivity index (χ2v) is 6.31. The van der Waals surface area contributed by atoms with Crippen molar-refractivity contribution in [3.05, 3.63) is 78.5 Å². The molecule has 4 aromatic rings. The van der Waals surface area contributed by atoms with E-state index in [2.05, 4.69) is 10.3 Å². The highest BCUT2D eigenvalue weighted by atomic mass is 19.1. The number of carbonyl (C=O) groups excluding carboxylic acids is 1. The molecule has 0 unspecified atom stereocenters. The number of hydrogen-bond donors (Lipinski definition) is 2. The highest BCUT2D eigenvalue weighted by Gasteiger charge is 2.17. The Labute approximate surface area is 160 Å². The zero-order valence-corrected chi connectivity index (χ0v) is 15.0. The number of nitrogens with one attached hydrogen (secondary N) is 1. The fraction of sp³-hybridized carbons (Fsp3) is 0.0952. The summed E-state index contributed by atoms with van der Waals surface area (Å²) in [4.78, 5) is 15.5. The monoisotopic (exact) mass is 375 g/mol. The Hall–Kier alpha value is -3.58. The molecule has 0 spiro atoms. The maximum Gasteiger partial charge on any atom is 0.234 e. The Morgan fingerprint density at radius 2 is 1.79 bits per heavy atom. The number of hydrogen-bond acceptors (Lipinski definition) is 4. The minimum atomic E-state index is -0.295. The lowest BCUT2D eigenvalue weighted by atomic mass is 10.0. The average Bonchev–Trinajstić information content (AvgIpc) is 3.11. The molecule has 1 aromatic carbocycles. The molecule has 3 N–H and O–H groups in total.